The Morgan fingerprint density at radius 2 is 1.37 bits per heavy atom. The van der Waals surface area contributed by atoms with Gasteiger partial charge in [0, 0.05) is 0 Å². The van der Waals surface area contributed by atoms with Gasteiger partial charge in [-0.05, 0) is 18.2 Å². The summed E-state index contributed by atoms with van der Waals surface area (Å²) in [6.45, 7) is 0. The zero-order chi connectivity index (χ0) is 15.1. The van der Waals surface area contributed by atoms with E-state index in [1.165, 1.54) is 4.72 Å². The van der Waals surface area contributed by atoms with Gasteiger partial charge in [-0.1, -0.05) is 0 Å². The minimum Gasteiger partial charge on any atom is -0.282 e. The molecule has 4 N–H and O–H groups in total. The second kappa shape index (κ2) is 4.69. The molecule has 0 radical (unpaired) electrons. The minimum atomic E-state index is -4.92. The van der Waals surface area contributed by atoms with Gasteiger partial charge in [-0.2, -0.15) is 25.3 Å². The van der Waals surface area contributed by atoms with Crippen LogP contribution in [0.15, 0.2) is 28.0 Å². The molecule has 0 heterocycles. The molecule has 0 atom stereocenters. The van der Waals surface area contributed by atoms with Crippen molar-refractivity contribution >= 4 is 36.2 Å². The number of hydrogen-bond acceptors (Lipinski definition) is 6. The first-order valence-corrected chi connectivity index (χ1v) is 8.47. The molecule has 0 unspecified atom stereocenters. The van der Waals surface area contributed by atoms with E-state index >= 15 is 0 Å². The Morgan fingerprint density at radius 1 is 0.842 bits per heavy atom. The molecule has 0 bridgehead atoms. The third-order valence-electron chi connectivity index (χ3n) is 1.77. The highest BCUT2D eigenvalue weighted by Crippen LogP contribution is 2.25. The standard InChI is InChI=1S/C6H7NO9S3/c8-17(9,10)4-1-2-6(18(11,12)13)5(3-4)7-19(14,15)16/h1-3,7H,(H,8,9,10)(H,11,12,13)(H,14,15,16). The van der Waals surface area contributed by atoms with Crippen LogP contribution in [0, 0.1) is 0 Å². The van der Waals surface area contributed by atoms with E-state index < -0.39 is 46.0 Å². The largest absolute Gasteiger partial charge is 0.357 e. The quantitative estimate of drug-likeness (QED) is 0.524. The van der Waals surface area contributed by atoms with Gasteiger partial charge in [0.1, 0.15) is 4.90 Å². The van der Waals surface area contributed by atoms with Crippen molar-refractivity contribution in [3.8, 4) is 0 Å². The van der Waals surface area contributed by atoms with Gasteiger partial charge in [0.2, 0.25) is 0 Å². The van der Waals surface area contributed by atoms with Crippen molar-refractivity contribution in [1.29, 1.82) is 0 Å². The lowest BCUT2D eigenvalue weighted by Gasteiger charge is -2.08. The third-order valence-corrected chi connectivity index (χ3v) is 4.01. The van der Waals surface area contributed by atoms with Crippen LogP contribution in [-0.2, 0) is 30.5 Å². The highest BCUT2D eigenvalue weighted by atomic mass is 32.2. The van der Waals surface area contributed by atoms with Crippen molar-refractivity contribution < 1.29 is 38.9 Å². The van der Waals surface area contributed by atoms with Crippen LogP contribution in [0.3, 0.4) is 0 Å². The average molecular weight is 333 g/mol. The van der Waals surface area contributed by atoms with Crippen molar-refractivity contribution in [3.05, 3.63) is 18.2 Å². The van der Waals surface area contributed by atoms with Gasteiger partial charge in [0.15, 0.2) is 0 Å². The average Bonchev–Trinajstić information content (AvgIpc) is 2.11. The maximum absolute atomic E-state index is 10.9. The molecule has 0 aliphatic carbocycles. The number of hydrogen-bond donors (Lipinski definition) is 4. The summed E-state index contributed by atoms with van der Waals surface area (Å²) in [5.74, 6) is 0. The summed E-state index contributed by atoms with van der Waals surface area (Å²) in [5.41, 5.74) is -0.944. The number of benzene rings is 1. The molecular formula is C6H7NO9S3. The van der Waals surface area contributed by atoms with E-state index in [0.29, 0.717) is 18.2 Å². The first-order chi connectivity index (χ1) is 8.31. The fourth-order valence-corrected chi connectivity index (χ4v) is 2.76. The summed E-state index contributed by atoms with van der Waals surface area (Å²) < 4.78 is 92.0. The molecule has 0 aliphatic heterocycles. The van der Waals surface area contributed by atoms with Crippen LogP contribution in [0.2, 0.25) is 0 Å². The molecule has 0 aromatic heterocycles. The molecule has 1 rings (SSSR count). The minimum absolute atomic E-state index is 0.409. The Bertz CT molecular complexity index is 806. The molecule has 1 aromatic rings. The third kappa shape index (κ3) is 4.41. The Hall–Kier alpha value is -1.25. The van der Waals surface area contributed by atoms with Gasteiger partial charge in [0.25, 0.3) is 20.2 Å². The zero-order valence-corrected chi connectivity index (χ0v) is 11.2. The first-order valence-electron chi connectivity index (χ1n) is 4.15. The van der Waals surface area contributed by atoms with Gasteiger partial charge >= 0.3 is 10.3 Å². The van der Waals surface area contributed by atoms with Crippen molar-refractivity contribution in [2.75, 3.05) is 4.72 Å². The molecule has 0 spiro atoms. The summed E-state index contributed by atoms with van der Waals surface area (Å²) in [4.78, 5) is -1.84. The topological polar surface area (TPSA) is 175 Å². The van der Waals surface area contributed by atoms with Crippen LogP contribution in [0.4, 0.5) is 5.69 Å². The van der Waals surface area contributed by atoms with Crippen LogP contribution in [0.25, 0.3) is 0 Å². The normalized spacial score (nSPS) is 13.2. The van der Waals surface area contributed by atoms with E-state index in [-0.39, 0.29) is 0 Å². The molecular weight excluding hydrogens is 326 g/mol. The molecule has 108 valence electrons. The maximum atomic E-state index is 10.9. The Kier molecular flexibility index (Phi) is 3.91. The van der Waals surface area contributed by atoms with E-state index in [4.69, 9.17) is 13.7 Å². The van der Waals surface area contributed by atoms with Crippen LogP contribution in [0.5, 0.6) is 0 Å². The monoisotopic (exact) mass is 333 g/mol. The summed E-state index contributed by atoms with van der Waals surface area (Å²) in [6, 6.07) is 1.56. The predicted octanol–water partition coefficient (Wildman–Crippen LogP) is -0.605. The fourth-order valence-electron chi connectivity index (χ4n) is 1.11. The summed E-state index contributed by atoms with van der Waals surface area (Å²) in [6.07, 6.45) is 0. The number of rotatable bonds is 4. The fraction of sp³-hybridized carbons (Fsp3) is 0. The number of anilines is 1. The second-order valence-corrected chi connectivity index (χ2v) is 7.15. The molecule has 0 saturated carbocycles. The van der Waals surface area contributed by atoms with E-state index in [1.54, 1.807) is 0 Å². The molecule has 10 nitrogen and oxygen atoms in total. The number of nitrogens with one attached hydrogen (secondary N) is 1. The summed E-state index contributed by atoms with van der Waals surface area (Å²) in [7, 11) is -14.5. The second-order valence-electron chi connectivity index (χ2n) is 3.19. The molecule has 0 amide bonds. The van der Waals surface area contributed by atoms with E-state index in [2.05, 4.69) is 0 Å². The molecule has 1 aromatic carbocycles. The van der Waals surface area contributed by atoms with Gasteiger partial charge < -0.3 is 0 Å². The lowest BCUT2D eigenvalue weighted by molar-refractivity contribution is 0.478. The highest BCUT2D eigenvalue weighted by molar-refractivity contribution is 7.88. The van der Waals surface area contributed by atoms with Crippen molar-refractivity contribution in [3.63, 3.8) is 0 Å². The summed E-state index contributed by atoms with van der Waals surface area (Å²) in [5, 5.41) is 0. The maximum Gasteiger partial charge on any atom is 0.357 e. The van der Waals surface area contributed by atoms with Crippen LogP contribution in [0.1, 0.15) is 0 Å². The highest BCUT2D eigenvalue weighted by Gasteiger charge is 2.21. The van der Waals surface area contributed by atoms with Crippen molar-refractivity contribution in [2.45, 2.75) is 9.79 Å². The van der Waals surface area contributed by atoms with Crippen molar-refractivity contribution in [2.24, 2.45) is 0 Å². The Balaban J connectivity index is 3.62. The van der Waals surface area contributed by atoms with Crippen molar-refractivity contribution in [1.82, 2.24) is 0 Å². The van der Waals surface area contributed by atoms with Crippen LogP contribution in [-0.4, -0.2) is 38.9 Å². The predicted molar refractivity (Wildman–Crippen MR) is 61.2 cm³/mol. The molecule has 0 fully saturated rings. The van der Waals surface area contributed by atoms with E-state index in [9.17, 15) is 25.3 Å². The SMILES string of the molecule is O=S(=O)(O)Nc1cc(S(=O)(=O)O)ccc1S(=O)(=O)O. The van der Waals surface area contributed by atoms with Crippen LogP contribution >= 0.6 is 0 Å². The lowest BCUT2D eigenvalue weighted by Crippen LogP contribution is -2.14. The molecule has 13 heteroatoms. The van der Waals surface area contributed by atoms with E-state index in [0.717, 1.165) is 0 Å². The molecule has 19 heavy (non-hydrogen) atoms. The summed E-state index contributed by atoms with van der Waals surface area (Å²) >= 11 is 0. The Morgan fingerprint density at radius 3 is 1.74 bits per heavy atom. The smallest absolute Gasteiger partial charge is 0.282 e. The van der Waals surface area contributed by atoms with Gasteiger partial charge in [-0.25, -0.2) is 0 Å². The first kappa shape index (κ1) is 15.8. The molecule has 0 saturated heterocycles. The van der Waals surface area contributed by atoms with Gasteiger partial charge in [0.05, 0.1) is 10.6 Å². The molecule has 0 aliphatic rings. The Labute approximate surface area is 108 Å². The van der Waals surface area contributed by atoms with Crippen LogP contribution < -0.4 is 4.72 Å². The lowest BCUT2D eigenvalue weighted by atomic mass is 10.3. The van der Waals surface area contributed by atoms with Gasteiger partial charge in [-0.3, -0.25) is 18.4 Å². The van der Waals surface area contributed by atoms with Gasteiger partial charge in [-0.15, -0.1) is 0 Å². The zero-order valence-electron chi connectivity index (χ0n) is 8.75. The van der Waals surface area contributed by atoms with E-state index in [1.807, 2.05) is 0 Å².